The fourth-order valence-electron chi connectivity index (χ4n) is 1.38. The Hall–Kier alpha value is -3.16. The average molecular weight is 384 g/mol. The maximum atomic E-state index is 11.6. The van der Waals surface area contributed by atoms with E-state index in [0.29, 0.717) is 5.69 Å². The molecule has 1 rings (SSSR count). The van der Waals surface area contributed by atoms with Crippen LogP contribution in [0.4, 0.5) is 13.2 Å². The molecule has 1 aromatic heterocycles. The van der Waals surface area contributed by atoms with Crippen LogP contribution in [0.3, 0.4) is 0 Å². The Morgan fingerprint density at radius 1 is 1.23 bits per heavy atom. The summed E-state index contributed by atoms with van der Waals surface area (Å²) in [5.41, 5.74) is 6.21. The number of hydrogen-bond acceptors (Lipinski definition) is 6. The molecule has 0 aliphatic carbocycles. The van der Waals surface area contributed by atoms with Crippen molar-refractivity contribution in [3.05, 3.63) is 18.2 Å². The van der Waals surface area contributed by atoms with Crippen LogP contribution in [0.1, 0.15) is 12.1 Å². The molecule has 1 heterocycles. The Bertz CT molecular complexity index is 633. The lowest BCUT2D eigenvalue weighted by Crippen LogP contribution is -2.49. The molecule has 0 aliphatic heterocycles. The number of nitrogens with one attached hydrogen (secondary N) is 2. The topological polar surface area (TPSA) is 196 Å². The molecule has 0 unspecified atom stereocenters. The lowest BCUT2D eigenvalue weighted by atomic mass is 10.1. The third-order valence-electron chi connectivity index (χ3n) is 2.57. The van der Waals surface area contributed by atoms with Gasteiger partial charge in [-0.3, -0.25) is 9.59 Å². The van der Waals surface area contributed by atoms with Gasteiger partial charge in [-0.05, 0) is 0 Å². The standard InChI is InChI=1S/C10H14N4O5.C2HF3O2/c11-6(1-5-3-12-4-13-5)9(17)14-7(10(18)19)2-8(15)16;3-2(4,5)1(6)7/h3-4,6-7H,1-2,11H2,(H,12,13)(H,14,17)(H,15,16)(H,18,19);(H,6,7)/t6-,7-;/m0./s1. The third kappa shape index (κ3) is 9.21. The summed E-state index contributed by atoms with van der Waals surface area (Å²) in [6.45, 7) is 0. The van der Waals surface area contributed by atoms with Gasteiger partial charge in [0, 0.05) is 18.3 Å². The number of alkyl halides is 3. The first kappa shape index (κ1) is 22.8. The molecule has 0 saturated carbocycles. The number of aliphatic carboxylic acids is 3. The minimum atomic E-state index is -5.08. The molecule has 0 aromatic carbocycles. The smallest absolute Gasteiger partial charge is 0.481 e. The SMILES string of the molecule is N[C@@H](Cc1cnc[nH]1)C(=O)N[C@@H](CC(=O)O)C(=O)O.O=C(O)C(F)(F)F. The zero-order valence-electron chi connectivity index (χ0n) is 12.9. The second kappa shape index (κ2) is 9.97. The molecule has 146 valence electrons. The summed E-state index contributed by atoms with van der Waals surface area (Å²) >= 11 is 0. The van der Waals surface area contributed by atoms with E-state index in [-0.39, 0.29) is 6.42 Å². The first-order valence-corrected chi connectivity index (χ1v) is 6.62. The number of hydrogen-bond donors (Lipinski definition) is 6. The van der Waals surface area contributed by atoms with Crippen LogP contribution in [0.25, 0.3) is 0 Å². The van der Waals surface area contributed by atoms with Gasteiger partial charge in [0.25, 0.3) is 0 Å². The van der Waals surface area contributed by atoms with E-state index in [4.69, 9.17) is 25.8 Å². The van der Waals surface area contributed by atoms with Crippen LogP contribution in [0.15, 0.2) is 12.5 Å². The van der Waals surface area contributed by atoms with Crippen LogP contribution in [-0.4, -0.2) is 67.4 Å². The maximum absolute atomic E-state index is 11.6. The first-order valence-electron chi connectivity index (χ1n) is 6.62. The number of carbonyl (C=O) groups excluding carboxylic acids is 1. The quantitative estimate of drug-likeness (QED) is 0.340. The predicted octanol–water partition coefficient (Wildman–Crippen LogP) is -1.04. The molecule has 1 amide bonds. The maximum Gasteiger partial charge on any atom is 0.490 e. The van der Waals surface area contributed by atoms with Gasteiger partial charge in [0.15, 0.2) is 0 Å². The van der Waals surface area contributed by atoms with Crippen molar-refractivity contribution in [2.45, 2.75) is 31.1 Å². The molecule has 0 fully saturated rings. The largest absolute Gasteiger partial charge is 0.490 e. The molecule has 1 aromatic rings. The van der Waals surface area contributed by atoms with Crippen LogP contribution in [-0.2, 0) is 25.6 Å². The second-order valence-corrected chi connectivity index (χ2v) is 4.69. The second-order valence-electron chi connectivity index (χ2n) is 4.69. The van der Waals surface area contributed by atoms with Gasteiger partial charge in [-0.2, -0.15) is 13.2 Å². The summed E-state index contributed by atoms with van der Waals surface area (Å²) in [4.78, 5) is 48.3. The van der Waals surface area contributed by atoms with E-state index in [1.165, 1.54) is 12.5 Å². The van der Waals surface area contributed by atoms with E-state index in [1.807, 2.05) is 0 Å². The van der Waals surface area contributed by atoms with Gasteiger partial charge in [-0.25, -0.2) is 14.6 Å². The van der Waals surface area contributed by atoms with Gasteiger partial charge >= 0.3 is 24.1 Å². The highest BCUT2D eigenvalue weighted by molar-refractivity contribution is 5.89. The van der Waals surface area contributed by atoms with E-state index in [0.717, 1.165) is 0 Å². The molecule has 0 radical (unpaired) electrons. The molecule has 26 heavy (non-hydrogen) atoms. The van der Waals surface area contributed by atoms with Crippen molar-refractivity contribution < 1.29 is 47.7 Å². The van der Waals surface area contributed by atoms with Crippen LogP contribution in [0.5, 0.6) is 0 Å². The Morgan fingerprint density at radius 2 is 1.77 bits per heavy atom. The summed E-state index contributed by atoms with van der Waals surface area (Å²) in [7, 11) is 0. The molecule has 0 spiro atoms. The number of carbonyl (C=O) groups is 4. The number of imidazole rings is 1. The first-order chi connectivity index (χ1) is 11.8. The van der Waals surface area contributed by atoms with Crippen molar-refractivity contribution in [1.29, 1.82) is 0 Å². The third-order valence-corrected chi connectivity index (χ3v) is 2.57. The lowest BCUT2D eigenvalue weighted by molar-refractivity contribution is -0.192. The molecule has 2 atom stereocenters. The van der Waals surface area contributed by atoms with Crippen LogP contribution in [0.2, 0.25) is 0 Å². The Balaban J connectivity index is 0.000000758. The molecule has 7 N–H and O–H groups in total. The normalized spacial score (nSPS) is 12.9. The van der Waals surface area contributed by atoms with Crippen molar-refractivity contribution in [1.82, 2.24) is 15.3 Å². The van der Waals surface area contributed by atoms with Gasteiger partial charge in [0.1, 0.15) is 6.04 Å². The van der Waals surface area contributed by atoms with Crippen LogP contribution in [0, 0.1) is 0 Å². The van der Waals surface area contributed by atoms with E-state index in [1.54, 1.807) is 0 Å². The lowest BCUT2D eigenvalue weighted by Gasteiger charge is -2.16. The Kier molecular flexibility index (Phi) is 8.76. The highest BCUT2D eigenvalue weighted by Crippen LogP contribution is 2.13. The molecule has 0 bridgehead atoms. The number of carboxylic acids is 3. The van der Waals surface area contributed by atoms with Crippen molar-refractivity contribution in [2.24, 2.45) is 5.73 Å². The molecule has 14 heteroatoms. The van der Waals surface area contributed by atoms with E-state index in [2.05, 4.69) is 15.3 Å². The minimum absolute atomic E-state index is 0.144. The van der Waals surface area contributed by atoms with Gasteiger partial charge in [-0.15, -0.1) is 0 Å². The Morgan fingerprint density at radius 3 is 2.12 bits per heavy atom. The number of halogens is 3. The van der Waals surface area contributed by atoms with Gasteiger partial charge in [0.2, 0.25) is 5.91 Å². The number of rotatable bonds is 7. The zero-order chi connectivity index (χ0) is 20.5. The fourth-order valence-corrected chi connectivity index (χ4v) is 1.38. The molecule has 0 saturated heterocycles. The van der Waals surface area contributed by atoms with E-state index < -0.39 is 48.5 Å². The molecule has 0 aliphatic rings. The highest BCUT2D eigenvalue weighted by Gasteiger charge is 2.38. The van der Waals surface area contributed by atoms with E-state index in [9.17, 15) is 27.6 Å². The summed E-state index contributed by atoms with van der Waals surface area (Å²) in [6, 6.07) is -2.49. The number of aromatic nitrogens is 2. The summed E-state index contributed by atoms with van der Waals surface area (Å²) in [5, 5.41) is 26.5. The van der Waals surface area contributed by atoms with Crippen molar-refractivity contribution in [2.75, 3.05) is 0 Å². The molecular formula is C12H15F3N4O7. The number of nitrogens with zero attached hydrogens (tertiary/aromatic N) is 1. The number of H-pyrrole nitrogens is 1. The molecular weight excluding hydrogens is 369 g/mol. The van der Waals surface area contributed by atoms with E-state index >= 15 is 0 Å². The van der Waals surface area contributed by atoms with Gasteiger partial charge in [0.05, 0.1) is 18.8 Å². The fraction of sp³-hybridized carbons (Fsp3) is 0.417. The van der Waals surface area contributed by atoms with Crippen molar-refractivity contribution in [3.63, 3.8) is 0 Å². The number of carboxylic acid groups (broad SMARTS) is 3. The van der Waals surface area contributed by atoms with Crippen LogP contribution < -0.4 is 11.1 Å². The predicted molar refractivity (Wildman–Crippen MR) is 75.8 cm³/mol. The van der Waals surface area contributed by atoms with Crippen LogP contribution >= 0.6 is 0 Å². The summed E-state index contributed by atoms with van der Waals surface area (Å²) in [5.74, 6) is -6.24. The van der Waals surface area contributed by atoms with Crippen molar-refractivity contribution in [3.8, 4) is 0 Å². The van der Waals surface area contributed by atoms with Gasteiger partial charge in [-0.1, -0.05) is 0 Å². The minimum Gasteiger partial charge on any atom is -0.481 e. The average Bonchev–Trinajstić information content (AvgIpc) is 2.98. The number of nitrogens with two attached hydrogens (primary N) is 1. The molecule has 11 nitrogen and oxygen atoms in total. The van der Waals surface area contributed by atoms with Gasteiger partial charge < -0.3 is 31.4 Å². The number of amides is 1. The highest BCUT2D eigenvalue weighted by atomic mass is 19.4. The summed E-state index contributed by atoms with van der Waals surface area (Å²) < 4.78 is 31.7. The zero-order valence-corrected chi connectivity index (χ0v) is 12.9. The summed E-state index contributed by atoms with van der Waals surface area (Å²) in [6.07, 6.45) is -2.74. The van der Waals surface area contributed by atoms with Crippen molar-refractivity contribution >= 4 is 23.8 Å². The number of aromatic amines is 1. The Labute approximate surface area is 143 Å². The monoisotopic (exact) mass is 384 g/mol.